The summed E-state index contributed by atoms with van der Waals surface area (Å²) < 4.78 is 0. The molecule has 0 unspecified atom stereocenters. The quantitative estimate of drug-likeness (QED) is 0.570. The average Bonchev–Trinajstić information content (AvgIpc) is 1.90. The van der Waals surface area contributed by atoms with Crippen LogP contribution in [0.5, 0.6) is 0 Å². The Bertz CT molecular complexity index is 202. The first-order valence-electron chi connectivity index (χ1n) is 2.23. The first-order valence-corrected chi connectivity index (χ1v) is 2.23. The molecule has 1 aromatic rings. The Morgan fingerprint density at radius 3 is 2.67 bits per heavy atom. The van der Waals surface area contributed by atoms with Crippen LogP contribution in [0.3, 0.4) is 0 Å². The Hall–Kier alpha value is -0.854. The minimum atomic E-state index is 0. The molecule has 0 bridgehead atoms. The van der Waals surface area contributed by atoms with Gasteiger partial charge in [0, 0.05) is 29.2 Å². The fraction of sp³-hybridized carbons (Fsp3) is 0. The van der Waals surface area contributed by atoms with Crippen LogP contribution in [-0.4, -0.2) is 4.98 Å². The molecule has 0 aliphatic heterocycles. The van der Waals surface area contributed by atoms with E-state index in [9.17, 15) is 0 Å². The molecule has 0 aromatic carbocycles. The van der Waals surface area contributed by atoms with Gasteiger partial charge in [0.15, 0.2) is 0 Å². The normalized spacial score (nSPS) is 7.00. The molecule has 2 nitrogen and oxygen atoms in total. The second kappa shape index (κ2) is 4.07. The molecule has 0 spiro atoms. The van der Waals surface area contributed by atoms with E-state index < -0.39 is 0 Å². The van der Waals surface area contributed by atoms with Crippen molar-refractivity contribution in [3.8, 4) is 6.07 Å². The molecule has 0 saturated heterocycles. The van der Waals surface area contributed by atoms with Crippen LogP contribution in [0, 0.1) is 11.3 Å². The van der Waals surface area contributed by atoms with E-state index in [0.29, 0.717) is 5.56 Å². The molecular formula is C6H4CoN2. The third-order valence-electron chi connectivity index (χ3n) is 0.791. The summed E-state index contributed by atoms with van der Waals surface area (Å²) in [5, 5.41) is 8.25. The van der Waals surface area contributed by atoms with Crippen LogP contribution >= 0.6 is 0 Å². The van der Waals surface area contributed by atoms with E-state index in [0.717, 1.165) is 0 Å². The summed E-state index contributed by atoms with van der Waals surface area (Å²) in [4.78, 5) is 3.73. The van der Waals surface area contributed by atoms with Gasteiger partial charge in [-0.1, -0.05) is 0 Å². The maximum atomic E-state index is 8.25. The van der Waals surface area contributed by atoms with E-state index in [1.54, 1.807) is 18.3 Å². The first kappa shape index (κ1) is 8.15. The van der Waals surface area contributed by atoms with Gasteiger partial charge in [0.05, 0.1) is 5.56 Å². The standard InChI is InChI=1S/C6H4N2.Co/c7-4-6-2-1-3-8-5-6;/h1-3,5H;. The smallest absolute Gasteiger partial charge is 0.101 e. The molecule has 0 atom stereocenters. The van der Waals surface area contributed by atoms with Gasteiger partial charge in [-0.05, 0) is 12.1 Å². The number of hydrogen-bond donors (Lipinski definition) is 0. The van der Waals surface area contributed by atoms with Gasteiger partial charge in [-0.2, -0.15) is 5.26 Å². The first-order chi connectivity index (χ1) is 3.93. The summed E-state index contributed by atoms with van der Waals surface area (Å²) in [7, 11) is 0. The predicted molar refractivity (Wildman–Crippen MR) is 29.0 cm³/mol. The summed E-state index contributed by atoms with van der Waals surface area (Å²) in [5.74, 6) is 0. The number of aromatic nitrogens is 1. The van der Waals surface area contributed by atoms with Gasteiger partial charge < -0.3 is 0 Å². The van der Waals surface area contributed by atoms with Gasteiger partial charge in [0.2, 0.25) is 0 Å². The fourth-order valence-corrected chi connectivity index (χ4v) is 0.429. The summed E-state index contributed by atoms with van der Waals surface area (Å²) in [6.45, 7) is 0. The molecule has 9 heavy (non-hydrogen) atoms. The summed E-state index contributed by atoms with van der Waals surface area (Å²) in [6, 6.07) is 5.41. The van der Waals surface area contributed by atoms with Gasteiger partial charge in [0.25, 0.3) is 0 Å². The van der Waals surface area contributed by atoms with Crippen molar-refractivity contribution in [1.82, 2.24) is 4.98 Å². The molecule has 0 amide bonds. The number of nitrogens with zero attached hydrogens (tertiary/aromatic N) is 2. The van der Waals surface area contributed by atoms with Crippen molar-refractivity contribution in [1.29, 1.82) is 5.26 Å². The van der Waals surface area contributed by atoms with Crippen molar-refractivity contribution >= 4 is 0 Å². The van der Waals surface area contributed by atoms with E-state index in [1.165, 1.54) is 6.20 Å². The monoisotopic (exact) mass is 163 g/mol. The fourth-order valence-electron chi connectivity index (χ4n) is 0.429. The number of pyridine rings is 1. The van der Waals surface area contributed by atoms with Gasteiger partial charge in [-0.15, -0.1) is 0 Å². The van der Waals surface area contributed by atoms with E-state index in [-0.39, 0.29) is 16.8 Å². The van der Waals surface area contributed by atoms with Crippen LogP contribution in [0.25, 0.3) is 0 Å². The molecule has 47 valence electrons. The molecule has 0 fully saturated rings. The summed E-state index contributed by atoms with van der Waals surface area (Å²) >= 11 is 0. The molecule has 0 aliphatic carbocycles. The number of nitriles is 1. The zero-order valence-corrected chi connectivity index (χ0v) is 5.58. The maximum Gasteiger partial charge on any atom is 0.101 e. The van der Waals surface area contributed by atoms with Crippen LogP contribution in [-0.2, 0) is 16.8 Å². The van der Waals surface area contributed by atoms with E-state index >= 15 is 0 Å². The molecule has 1 aromatic heterocycles. The van der Waals surface area contributed by atoms with Crippen molar-refractivity contribution < 1.29 is 16.8 Å². The van der Waals surface area contributed by atoms with Crippen LogP contribution in [0.1, 0.15) is 5.56 Å². The third kappa shape index (κ3) is 2.26. The SMILES string of the molecule is N#Cc1cccnc1.[Co]. The number of rotatable bonds is 0. The second-order valence-electron chi connectivity index (χ2n) is 1.35. The Kier molecular flexibility index (Phi) is 3.68. The van der Waals surface area contributed by atoms with Gasteiger partial charge in [-0.3, -0.25) is 4.98 Å². The topological polar surface area (TPSA) is 36.7 Å². The molecule has 1 heterocycles. The Morgan fingerprint density at radius 2 is 2.33 bits per heavy atom. The Balaban J connectivity index is 0.000000640. The average molecular weight is 163 g/mol. The van der Waals surface area contributed by atoms with Crippen molar-refractivity contribution in [3.05, 3.63) is 30.1 Å². The van der Waals surface area contributed by atoms with Crippen molar-refractivity contribution in [2.24, 2.45) is 0 Å². The summed E-state index contributed by atoms with van der Waals surface area (Å²) in [6.07, 6.45) is 3.17. The van der Waals surface area contributed by atoms with Gasteiger partial charge >= 0.3 is 0 Å². The molecule has 0 N–H and O–H groups in total. The molecule has 0 saturated carbocycles. The Labute approximate surface area is 63.7 Å². The van der Waals surface area contributed by atoms with Crippen LogP contribution in [0.15, 0.2) is 24.5 Å². The van der Waals surface area contributed by atoms with Crippen LogP contribution in [0.2, 0.25) is 0 Å². The van der Waals surface area contributed by atoms with E-state index in [4.69, 9.17) is 5.26 Å². The van der Waals surface area contributed by atoms with Crippen molar-refractivity contribution in [2.75, 3.05) is 0 Å². The van der Waals surface area contributed by atoms with Gasteiger partial charge in [0.1, 0.15) is 6.07 Å². The van der Waals surface area contributed by atoms with Crippen LogP contribution in [0.4, 0.5) is 0 Å². The molecule has 3 heteroatoms. The Morgan fingerprint density at radius 1 is 1.56 bits per heavy atom. The second-order valence-corrected chi connectivity index (χ2v) is 1.35. The molecular weight excluding hydrogens is 159 g/mol. The molecule has 0 aliphatic rings. The van der Waals surface area contributed by atoms with E-state index in [2.05, 4.69) is 4.98 Å². The van der Waals surface area contributed by atoms with E-state index in [1.807, 2.05) is 6.07 Å². The minimum absolute atomic E-state index is 0. The molecule has 1 rings (SSSR count). The third-order valence-corrected chi connectivity index (χ3v) is 0.791. The van der Waals surface area contributed by atoms with Gasteiger partial charge in [-0.25, -0.2) is 0 Å². The zero-order chi connectivity index (χ0) is 5.82. The minimum Gasteiger partial charge on any atom is -0.263 e. The summed E-state index contributed by atoms with van der Waals surface area (Å²) in [5.41, 5.74) is 0.604. The van der Waals surface area contributed by atoms with Crippen molar-refractivity contribution in [3.63, 3.8) is 0 Å². The maximum absolute atomic E-state index is 8.25. The van der Waals surface area contributed by atoms with Crippen molar-refractivity contribution in [2.45, 2.75) is 0 Å². The largest absolute Gasteiger partial charge is 0.263 e. The zero-order valence-electron chi connectivity index (χ0n) is 4.54. The predicted octanol–water partition coefficient (Wildman–Crippen LogP) is 0.951. The van der Waals surface area contributed by atoms with Crippen LogP contribution < -0.4 is 0 Å². The number of hydrogen-bond acceptors (Lipinski definition) is 2. The molecule has 1 radical (unpaired) electrons.